The first-order valence-corrected chi connectivity index (χ1v) is 4.74. The molecule has 0 aromatic rings. The van der Waals surface area contributed by atoms with Crippen molar-refractivity contribution in [1.29, 1.82) is 0 Å². The van der Waals surface area contributed by atoms with E-state index in [0.29, 0.717) is 11.0 Å². The standard InChI is InChI=1S/C5H14NO4P.ClH.Na.H/c1-6(2,3)4-5-10-11(7,8)9;;;/h4-5H2,1-3H3,(H-,7,8,9);1H;;/p+1. The summed E-state index contributed by atoms with van der Waals surface area (Å²) in [5.41, 5.74) is 0. The van der Waals surface area contributed by atoms with E-state index < -0.39 is 7.82 Å². The minimum absolute atomic E-state index is 0. The van der Waals surface area contributed by atoms with Crippen LogP contribution < -0.4 is 0 Å². The van der Waals surface area contributed by atoms with Crippen molar-refractivity contribution in [3.8, 4) is 0 Å². The second-order valence-electron chi connectivity index (χ2n) is 3.34. The Morgan fingerprint density at radius 2 is 1.69 bits per heavy atom. The van der Waals surface area contributed by atoms with Gasteiger partial charge in [-0.25, -0.2) is 4.57 Å². The number of hydrogen-bond acceptors (Lipinski definition) is 2. The van der Waals surface area contributed by atoms with Crippen molar-refractivity contribution >= 4 is 49.8 Å². The van der Waals surface area contributed by atoms with E-state index in [0.717, 1.165) is 0 Å². The molecule has 2 N–H and O–H groups in total. The first-order valence-electron chi connectivity index (χ1n) is 3.21. The van der Waals surface area contributed by atoms with Crippen molar-refractivity contribution < 1.29 is 23.4 Å². The molecule has 0 aliphatic rings. The summed E-state index contributed by atoms with van der Waals surface area (Å²) < 4.78 is 15.1. The summed E-state index contributed by atoms with van der Waals surface area (Å²) in [6.07, 6.45) is 0. The Hall–Kier alpha value is 1.36. The van der Waals surface area contributed by atoms with Crippen LogP contribution in [0.4, 0.5) is 0 Å². The van der Waals surface area contributed by atoms with Crippen molar-refractivity contribution in [2.45, 2.75) is 0 Å². The van der Waals surface area contributed by atoms with E-state index in [2.05, 4.69) is 4.52 Å². The first kappa shape index (κ1) is 19.9. The number of halogens is 1. The molecular weight excluding hydrogens is 227 g/mol. The van der Waals surface area contributed by atoms with Gasteiger partial charge in [-0.05, 0) is 0 Å². The molecule has 0 saturated heterocycles. The van der Waals surface area contributed by atoms with Crippen LogP contribution in [-0.4, -0.2) is 78.1 Å². The fraction of sp³-hybridized carbons (Fsp3) is 1.00. The maximum absolute atomic E-state index is 10.2. The van der Waals surface area contributed by atoms with Crippen LogP contribution in [-0.2, 0) is 9.09 Å². The molecule has 0 aromatic heterocycles. The Balaban J connectivity index is -0.000000500. The van der Waals surface area contributed by atoms with Crippen molar-refractivity contribution in [3.63, 3.8) is 0 Å². The summed E-state index contributed by atoms with van der Waals surface area (Å²) in [6, 6.07) is 0. The Bertz CT molecular complexity index is 168. The molecule has 0 radical (unpaired) electrons. The molecule has 8 heteroatoms. The zero-order chi connectivity index (χ0) is 9.12. The van der Waals surface area contributed by atoms with Crippen LogP contribution in [0, 0.1) is 0 Å². The Morgan fingerprint density at radius 1 is 1.31 bits per heavy atom. The van der Waals surface area contributed by atoms with Crippen LogP contribution in [0.2, 0.25) is 0 Å². The van der Waals surface area contributed by atoms with Crippen LogP contribution in [0.25, 0.3) is 0 Å². The molecule has 0 atom stereocenters. The number of phosphoric ester groups is 1. The third-order valence-corrected chi connectivity index (χ3v) is 1.54. The third kappa shape index (κ3) is 19.7. The van der Waals surface area contributed by atoms with E-state index in [1.54, 1.807) is 0 Å². The number of rotatable bonds is 4. The van der Waals surface area contributed by atoms with E-state index in [9.17, 15) is 4.57 Å². The monoisotopic (exact) mass is 244 g/mol. The predicted molar refractivity (Wildman–Crippen MR) is 55.3 cm³/mol. The molecule has 0 saturated carbocycles. The number of quaternary nitrogens is 1. The zero-order valence-electron chi connectivity index (χ0n) is 7.43. The van der Waals surface area contributed by atoms with E-state index >= 15 is 0 Å². The van der Waals surface area contributed by atoms with E-state index in [-0.39, 0.29) is 48.6 Å². The number of phosphoric acid groups is 1. The van der Waals surface area contributed by atoms with Crippen molar-refractivity contribution in [3.05, 3.63) is 0 Å². The fourth-order valence-corrected chi connectivity index (χ4v) is 0.753. The topological polar surface area (TPSA) is 66.8 Å². The Labute approximate surface area is 107 Å². The summed E-state index contributed by atoms with van der Waals surface area (Å²) in [4.78, 5) is 16.6. The summed E-state index contributed by atoms with van der Waals surface area (Å²) in [6.45, 7) is 0.652. The van der Waals surface area contributed by atoms with Gasteiger partial charge in [0.25, 0.3) is 0 Å². The molecule has 0 aromatic carbocycles. The van der Waals surface area contributed by atoms with Gasteiger partial charge in [0.15, 0.2) is 0 Å². The van der Waals surface area contributed by atoms with Gasteiger partial charge in [-0.3, -0.25) is 4.52 Å². The molecule has 0 heterocycles. The summed E-state index contributed by atoms with van der Waals surface area (Å²) in [7, 11) is 1.50. The normalized spacial score (nSPS) is 11.5. The molecule has 5 nitrogen and oxygen atoms in total. The van der Waals surface area contributed by atoms with Gasteiger partial charge in [0, 0.05) is 0 Å². The van der Waals surface area contributed by atoms with Crippen LogP contribution in [0.15, 0.2) is 0 Å². The average molecular weight is 245 g/mol. The van der Waals surface area contributed by atoms with Gasteiger partial charge < -0.3 is 14.3 Å². The molecule has 78 valence electrons. The van der Waals surface area contributed by atoms with E-state index in [1.807, 2.05) is 21.1 Å². The van der Waals surface area contributed by atoms with Crippen molar-refractivity contribution in [2.24, 2.45) is 0 Å². The van der Waals surface area contributed by atoms with Crippen molar-refractivity contribution in [1.82, 2.24) is 0 Å². The zero-order valence-corrected chi connectivity index (χ0v) is 9.14. The molecule has 0 aliphatic carbocycles. The van der Waals surface area contributed by atoms with Crippen LogP contribution >= 0.6 is 20.2 Å². The van der Waals surface area contributed by atoms with E-state index in [1.165, 1.54) is 0 Å². The molecule has 0 rings (SSSR count). The van der Waals surface area contributed by atoms with Gasteiger partial charge in [0.1, 0.15) is 13.2 Å². The Morgan fingerprint density at radius 3 is 1.92 bits per heavy atom. The summed E-state index contributed by atoms with van der Waals surface area (Å²) in [5.74, 6) is 0. The number of nitrogens with zero attached hydrogens (tertiary/aromatic N) is 1. The molecular formula is C5H17ClNNaO4P+. The Kier molecular flexibility index (Phi) is 11.7. The number of likely N-dealkylation sites (N-methyl/N-ethyl adjacent to an activating group) is 1. The van der Waals surface area contributed by atoms with Gasteiger partial charge >= 0.3 is 37.4 Å². The van der Waals surface area contributed by atoms with Gasteiger partial charge in [-0.1, -0.05) is 0 Å². The third-order valence-electron chi connectivity index (χ3n) is 1.02. The van der Waals surface area contributed by atoms with E-state index in [4.69, 9.17) is 9.79 Å². The molecule has 13 heavy (non-hydrogen) atoms. The molecule has 0 spiro atoms. The van der Waals surface area contributed by atoms with Crippen LogP contribution in [0.5, 0.6) is 0 Å². The predicted octanol–water partition coefficient (Wildman–Crippen LogP) is -0.425. The van der Waals surface area contributed by atoms with Gasteiger partial charge in [0.05, 0.1) is 21.1 Å². The SMILES string of the molecule is C[N+](C)(C)CCOP(=O)(O)O.Cl.[NaH]. The molecule has 0 amide bonds. The molecule has 0 bridgehead atoms. The summed E-state index contributed by atoms with van der Waals surface area (Å²) >= 11 is 0. The first-order chi connectivity index (χ1) is 4.71. The number of hydrogen-bond donors (Lipinski definition) is 2. The quantitative estimate of drug-likeness (QED) is 0.400. The van der Waals surface area contributed by atoms with Gasteiger partial charge in [-0.15, -0.1) is 12.4 Å². The second kappa shape index (κ2) is 7.63. The minimum atomic E-state index is -4.26. The molecule has 0 aliphatic heterocycles. The van der Waals surface area contributed by atoms with Gasteiger partial charge in [0.2, 0.25) is 0 Å². The summed E-state index contributed by atoms with van der Waals surface area (Å²) in [5, 5.41) is 0. The van der Waals surface area contributed by atoms with Crippen molar-refractivity contribution in [2.75, 3.05) is 34.3 Å². The van der Waals surface area contributed by atoms with Crippen LogP contribution in [0.3, 0.4) is 0 Å². The van der Waals surface area contributed by atoms with Crippen LogP contribution in [0.1, 0.15) is 0 Å². The molecule has 0 fully saturated rings. The second-order valence-corrected chi connectivity index (χ2v) is 4.58. The van der Waals surface area contributed by atoms with Gasteiger partial charge in [-0.2, -0.15) is 0 Å². The maximum atomic E-state index is 10.2. The average Bonchev–Trinajstić information content (AvgIpc) is 1.55. The molecule has 0 unspecified atom stereocenters. The fourth-order valence-electron chi connectivity index (χ4n) is 0.434.